The molecule has 0 unspecified atom stereocenters. The van der Waals surface area contributed by atoms with Crippen molar-refractivity contribution in [3.8, 4) is 11.5 Å². The quantitative estimate of drug-likeness (QED) is 0.547. The molecule has 2 aromatic carbocycles. The smallest absolute Gasteiger partial charge is 0.261 e. The summed E-state index contributed by atoms with van der Waals surface area (Å²) in [6.45, 7) is 9.64. The van der Waals surface area contributed by atoms with E-state index in [9.17, 15) is 4.79 Å². The molecule has 6 heteroatoms. The SMILES string of the molecule is CC(C)CCOc1cccc(NC(=S)NC(=O)c2ccccc2OCC(C)C)c1. The van der Waals surface area contributed by atoms with Crippen LogP contribution in [0.2, 0.25) is 0 Å². The number of anilines is 1. The summed E-state index contributed by atoms with van der Waals surface area (Å²) in [5.74, 6) is 1.95. The molecule has 2 rings (SSSR count). The maximum atomic E-state index is 12.6. The zero-order chi connectivity index (χ0) is 21.2. The summed E-state index contributed by atoms with van der Waals surface area (Å²) in [5, 5.41) is 5.96. The van der Waals surface area contributed by atoms with Gasteiger partial charge in [-0.25, -0.2) is 0 Å². The Morgan fingerprint density at radius 3 is 2.48 bits per heavy atom. The van der Waals surface area contributed by atoms with Crippen molar-refractivity contribution in [3.63, 3.8) is 0 Å². The van der Waals surface area contributed by atoms with Crippen molar-refractivity contribution >= 4 is 28.9 Å². The molecule has 2 aromatic rings. The molecule has 0 aliphatic carbocycles. The number of thiocarbonyl (C=S) groups is 1. The molecule has 2 N–H and O–H groups in total. The summed E-state index contributed by atoms with van der Waals surface area (Å²) in [6, 6.07) is 14.6. The first-order chi connectivity index (χ1) is 13.8. The third-order valence-corrected chi connectivity index (χ3v) is 4.19. The van der Waals surface area contributed by atoms with E-state index in [1.54, 1.807) is 18.2 Å². The van der Waals surface area contributed by atoms with Crippen molar-refractivity contribution in [1.29, 1.82) is 0 Å². The average molecular weight is 415 g/mol. The van der Waals surface area contributed by atoms with Crippen LogP contribution in [-0.4, -0.2) is 24.2 Å². The monoisotopic (exact) mass is 414 g/mol. The first kappa shape index (κ1) is 22.7. The average Bonchev–Trinajstić information content (AvgIpc) is 2.66. The summed E-state index contributed by atoms with van der Waals surface area (Å²) in [4.78, 5) is 12.6. The van der Waals surface area contributed by atoms with E-state index in [0.717, 1.165) is 17.9 Å². The molecule has 1 amide bonds. The molecule has 0 bridgehead atoms. The van der Waals surface area contributed by atoms with Crippen LogP contribution in [0.1, 0.15) is 44.5 Å². The van der Waals surface area contributed by atoms with Gasteiger partial charge in [-0.15, -0.1) is 0 Å². The molecule has 5 nitrogen and oxygen atoms in total. The third-order valence-electron chi connectivity index (χ3n) is 3.99. The molecule has 0 spiro atoms. The van der Waals surface area contributed by atoms with Crippen LogP contribution in [-0.2, 0) is 0 Å². The van der Waals surface area contributed by atoms with Crippen molar-refractivity contribution in [3.05, 3.63) is 54.1 Å². The third kappa shape index (κ3) is 8.11. The molecule has 156 valence electrons. The van der Waals surface area contributed by atoms with E-state index in [4.69, 9.17) is 21.7 Å². The van der Waals surface area contributed by atoms with E-state index < -0.39 is 0 Å². The Hall–Kier alpha value is -2.60. The molecule has 29 heavy (non-hydrogen) atoms. The standard InChI is InChI=1S/C23H30N2O3S/c1-16(2)12-13-27-19-9-7-8-18(14-19)24-23(29)25-22(26)20-10-5-6-11-21(20)28-15-17(3)4/h5-11,14,16-17H,12-13,15H2,1-4H3,(H2,24,25,26,29). The second-order valence-corrected chi connectivity index (χ2v) is 8.08. The Morgan fingerprint density at radius 2 is 1.76 bits per heavy atom. The van der Waals surface area contributed by atoms with E-state index in [0.29, 0.717) is 36.4 Å². The van der Waals surface area contributed by atoms with Crippen LogP contribution in [0.15, 0.2) is 48.5 Å². The summed E-state index contributed by atoms with van der Waals surface area (Å²) < 4.78 is 11.5. The fraction of sp³-hybridized carbons (Fsp3) is 0.391. The van der Waals surface area contributed by atoms with Crippen molar-refractivity contribution in [2.75, 3.05) is 18.5 Å². The number of nitrogens with one attached hydrogen (secondary N) is 2. The van der Waals surface area contributed by atoms with Crippen LogP contribution in [0, 0.1) is 11.8 Å². The van der Waals surface area contributed by atoms with Crippen LogP contribution in [0.5, 0.6) is 11.5 Å². The molecule has 0 heterocycles. The van der Waals surface area contributed by atoms with Crippen LogP contribution < -0.4 is 20.1 Å². The van der Waals surface area contributed by atoms with Gasteiger partial charge in [0.15, 0.2) is 5.11 Å². The number of carbonyl (C=O) groups excluding carboxylic acids is 1. The highest BCUT2D eigenvalue weighted by atomic mass is 32.1. The van der Waals surface area contributed by atoms with E-state index in [2.05, 4.69) is 38.3 Å². The van der Waals surface area contributed by atoms with Gasteiger partial charge in [0, 0.05) is 11.8 Å². The van der Waals surface area contributed by atoms with Crippen molar-refractivity contribution in [2.24, 2.45) is 11.8 Å². The lowest BCUT2D eigenvalue weighted by atomic mass is 10.1. The molecule has 0 saturated carbocycles. The van der Waals surface area contributed by atoms with Gasteiger partial charge >= 0.3 is 0 Å². The van der Waals surface area contributed by atoms with E-state index in [-0.39, 0.29) is 11.0 Å². The van der Waals surface area contributed by atoms with Gasteiger partial charge < -0.3 is 14.8 Å². The zero-order valence-corrected chi connectivity index (χ0v) is 18.3. The van der Waals surface area contributed by atoms with Gasteiger partial charge in [-0.2, -0.15) is 0 Å². The number of para-hydroxylation sites is 1. The Labute approximate surface area is 178 Å². The predicted octanol–water partition coefficient (Wildman–Crippen LogP) is 5.27. The molecule has 0 aromatic heterocycles. The number of hydrogen-bond acceptors (Lipinski definition) is 4. The Bertz CT molecular complexity index is 821. The van der Waals surface area contributed by atoms with Crippen LogP contribution in [0.3, 0.4) is 0 Å². The second-order valence-electron chi connectivity index (χ2n) is 7.67. The highest BCUT2D eigenvalue weighted by Gasteiger charge is 2.14. The fourth-order valence-corrected chi connectivity index (χ4v) is 2.66. The highest BCUT2D eigenvalue weighted by molar-refractivity contribution is 7.80. The lowest BCUT2D eigenvalue weighted by Crippen LogP contribution is -2.34. The van der Waals surface area contributed by atoms with E-state index >= 15 is 0 Å². The van der Waals surface area contributed by atoms with Gasteiger partial charge in [0.1, 0.15) is 11.5 Å². The first-order valence-corrected chi connectivity index (χ1v) is 10.3. The van der Waals surface area contributed by atoms with Crippen molar-refractivity contribution in [2.45, 2.75) is 34.1 Å². The van der Waals surface area contributed by atoms with Gasteiger partial charge in [-0.3, -0.25) is 10.1 Å². The topological polar surface area (TPSA) is 59.6 Å². The lowest BCUT2D eigenvalue weighted by Gasteiger charge is -2.14. The summed E-state index contributed by atoms with van der Waals surface area (Å²) >= 11 is 5.30. The molecule has 0 aliphatic rings. The minimum absolute atomic E-state index is 0.216. The van der Waals surface area contributed by atoms with Gasteiger partial charge in [-0.1, -0.05) is 45.9 Å². The van der Waals surface area contributed by atoms with Crippen LogP contribution in [0.25, 0.3) is 0 Å². The number of amides is 1. The summed E-state index contributed by atoms with van der Waals surface area (Å²) in [7, 11) is 0. The van der Waals surface area contributed by atoms with Crippen LogP contribution >= 0.6 is 12.2 Å². The summed E-state index contributed by atoms with van der Waals surface area (Å²) in [6.07, 6.45) is 0.990. The van der Waals surface area contributed by atoms with Crippen molar-refractivity contribution in [1.82, 2.24) is 5.32 Å². The normalized spacial score (nSPS) is 10.7. The van der Waals surface area contributed by atoms with E-state index in [1.165, 1.54) is 0 Å². The Kier molecular flexibility index (Phi) is 8.93. The molecule has 0 atom stereocenters. The summed E-state index contributed by atoms with van der Waals surface area (Å²) in [5.41, 5.74) is 1.20. The first-order valence-electron chi connectivity index (χ1n) is 9.92. The number of hydrogen-bond donors (Lipinski definition) is 2. The maximum Gasteiger partial charge on any atom is 0.261 e. The van der Waals surface area contributed by atoms with Gasteiger partial charge in [-0.05, 0) is 54.7 Å². The van der Waals surface area contributed by atoms with Crippen molar-refractivity contribution < 1.29 is 14.3 Å². The Balaban J connectivity index is 1.95. The lowest BCUT2D eigenvalue weighted by molar-refractivity contribution is 0.0973. The predicted molar refractivity (Wildman–Crippen MR) is 122 cm³/mol. The number of carbonyl (C=O) groups is 1. The fourth-order valence-electron chi connectivity index (χ4n) is 2.45. The second kappa shape index (κ2) is 11.4. The minimum atomic E-state index is -0.314. The zero-order valence-electron chi connectivity index (χ0n) is 17.5. The maximum absolute atomic E-state index is 12.6. The van der Waals surface area contributed by atoms with Crippen LogP contribution in [0.4, 0.5) is 5.69 Å². The van der Waals surface area contributed by atoms with Gasteiger partial charge in [0.25, 0.3) is 5.91 Å². The molecule has 0 radical (unpaired) electrons. The molecule has 0 saturated heterocycles. The largest absolute Gasteiger partial charge is 0.494 e. The number of ether oxygens (including phenoxy) is 2. The number of benzene rings is 2. The molecule has 0 aliphatic heterocycles. The Morgan fingerprint density at radius 1 is 1.00 bits per heavy atom. The van der Waals surface area contributed by atoms with Gasteiger partial charge in [0.05, 0.1) is 18.8 Å². The molecular weight excluding hydrogens is 384 g/mol. The van der Waals surface area contributed by atoms with E-state index in [1.807, 2.05) is 30.3 Å². The highest BCUT2D eigenvalue weighted by Crippen LogP contribution is 2.20. The molecule has 0 fully saturated rings. The minimum Gasteiger partial charge on any atom is -0.494 e. The molecular formula is C23H30N2O3S. The van der Waals surface area contributed by atoms with Gasteiger partial charge in [0.2, 0.25) is 0 Å². The number of rotatable bonds is 9.